The molecule has 0 saturated carbocycles. The number of halogens is 4. The molecule has 1 rings (SSSR count). The van der Waals surface area contributed by atoms with Gasteiger partial charge in [0.1, 0.15) is 5.82 Å². The maximum atomic E-state index is 13.2. The number of hydrogen-bond donors (Lipinski definition) is 1. The van der Waals surface area contributed by atoms with E-state index in [-0.39, 0.29) is 24.4 Å². The van der Waals surface area contributed by atoms with E-state index in [1.807, 2.05) is 0 Å². The van der Waals surface area contributed by atoms with Crippen LogP contribution in [0.5, 0.6) is 0 Å². The van der Waals surface area contributed by atoms with E-state index >= 15 is 0 Å². The molecule has 0 heterocycles. The van der Waals surface area contributed by atoms with Gasteiger partial charge >= 0.3 is 6.18 Å². The van der Waals surface area contributed by atoms with Crippen molar-refractivity contribution in [2.24, 2.45) is 11.7 Å². The van der Waals surface area contributed by atoms with Gasteiger partial charge in [0.15, 0.2) is 0 Å². The lowest BCUT2D eigenvalue weighted by Crippen LogP contribution is -2.35. The van der Waals surface area contributed by atoms with Crippen molar-refractivity contribution in [1.82, 2.24) is 4.90 Å². The standard InChI is InChI=1S/C13H16F4N2O/c1-19(2)12(20)9(7-18)5-8-3-4-11(14)10(6-8)13(15,16)17/h3-4,6,9H,5,7,18H2,1-2H3. The SMILES string of the molecule is CN(C)C(=O)C(CN)Cc1ccc(F)c(C(F)(F)F)c1. The highest BCUT2D eigenvalue weighted by molar-refractivity contribution is 5.78. The van der Waals surface area contributed by atoms with Crippen LogP contribution < -0.4 is 5.73 Å². The van der Waals surface area contributed by atoms with Gasteiger partial charge in [0.2, 0.25) is 5.91 Å². The van der Waals surface area contributed by atoms with Crippen LogP contribution in [0.15, 0.2) is 18.2 Å². The van der Waals surface area contributed by atoms with Crippen LogP contribution in [-0.2, 0) is 17.4 Å². The Bertz CT molecular complexity index is 486. The van der Waals surface area contributed by atoms with Crippen molar-refractivity contribution < 1.29 is 22.4 Å². The van der Waals surface area contributed by atoms with Crippen LogP contribution in [0, 0.1) is 11.7 Å². The van der Waals surface area contributed by atoms with Gasteiger partial charge in [-0.15, -0.1) is 0 Å². The van der Waals surface area contributed by atoms with Gasteiger partial charge in [-0.05, 0) is 24.1 Å². The first kappa shape index (κ1) is 16.4. The minimum atomic E-state index is -4.76. The van der Waals surface area contributed by atoms with E-state index < -0.39 is 23.5 Å². The van der Waals surface area contributed by atoms with Crippen molar-refractivity contribution in [1.29, 1.82) is 0 Å². The molecule has 0 saturated heterocycles. The molecule has 1 aromatic rings. The lowest BCUT2D eigenvalue weighted by atomic mass is 9.96. The highest BCUT2D eigenvalue weighted by Gasteiger charge is 2.34. The summed E-state index contributed by atoms with van der Waals surface area (Å²) in [6, 6.07) is 2.71. The summed E-state index contributed by atoms with van der Waals surface area (Å²) < 4.78 is 50.9. The molecule has 0 radical (unpaired) electrons. The van der Waals surface area contributed by atoms with Crippen LogP contribution in [0.4, 0.5) is 17.6 Å². The zero-order valence-corrected chi connectivity index (χ0v) is 11.2. The third kappa shape index (κ3) is 3.93. The predicted octanol–water partition coefficient (Wildman–Crippen LogP) is 2.05. The van der Waals surface area contributed by atoms with Gasteiger partial charge in [-0.3, -0.25) is 4.79 Å². The Balaban J connectivity index is 3.01. The minimum Gasteiger partial charge on any atom is -0.349 e. The Kier molecular flexibility index (Phi) is 5.10. The molecule has 1 atom stereocenters. The van der Waals surface area contributed by atoms with Crippen LogP contribution in [0.3, 0.4) is 0 Å². The number of carbonyl (C=O) groups is 1. The Morgan fingerprint density at radius 3 is 2.40 bits per heavy atom. The monoisotopic (exact) mass is 292 g/mol. The van der Waals surface area contributed by atoms with Crippen LogP contribution in [0.1, 0.15) is 11.1 Å². The van der Waals surface area contributed by atoms with Crippen molar-refractivity contribution in [2.45, 2.75) is 12.6 Å². The van der Waals surface area contributed by atoms with Crippen molar-refractivity contribution in [3.63, 3.8) is 0 Å². The van der Waals surface area contributed by atoms with Gasteiger partial charge in [0, 0.05) is 20.6 Å². The van der Waals surface area contributed by atoms with E-state index in [2.05, 4.69) is 0 Å². The average Bonchev–Trinajstić information content (AvgIpc) is 2.35. The molecule has 7 heteroatoms. The summed E-state index contributed by atoms with van der Waals surface area (Å²) in [5, 5.41) is 0. The van der Waals surface area contributed by atoms with Crippen molar-refractivity contribution >= 4 is 5.91 Å². The Hall–Kier alpha value is -1.63. The number of rotatable bonds is 4. The molecule has 3 nitrogen and oxygen atoms in total. The zero-order chi connectivity index (χ0) is 15.5. The Labute approximate surface area is 114 Å². The zero-order valence-electron chi connectivity index (χ0n) is 11.2. The fraction of sp³-hybridized carbons (Fsp3) is 0.462. The summed E-state index contributed by atoms with van der Waals surface area (Å²) in [7, 11) is 3.08. The predicted molar refractivity (Wildman–Crippen MR) is 66.3 cm³/mol. The molecule has 20 heavy (non-hydrogen) atoms. The molecule has 1 amide bonds. The quantitative estimate of drug-likeness (QED) is 0.863. The highest BCUT2D eigenvalue weighted by atomic mass is 19.4. The molecular formula is C13H16F4N2O. The summed E-state index contributed by atoms with van der Waals surface area (Å²) in [4.78, 5) is 13.1. The molecule has 2 N–H and O–H groups in total. The topological polar surface area (TPSA) is 46.3 Å². The summed E-state index contributed by atoms with van der Waals surface area (Å²) >= 11 is 0. The number of nitrogens with two attached hydrogens (primary N) is 1. The molecule has 1 unspecified atom stereocenters. The van der Waals surface area contributed by atoms with Crippen molar-refractivity contribution in [3.05, 3.63) is 35.1 Å². The lowest BCUT2D eigenvalue weighted by molar-refractivity contribution is -0.140. The van der Waals surface area contributed by atoms with E-state index in [4.69, 9.17) is 5.73 Å². The largest absolute Gasteiger partial charge is 0.419 e. The first-order chi connectivity index (χ1) is 9.16. The summed E-state index contributed by atoms with van der Waals surface area (Å²) in [6.45, 7) is 0.00966. The second-order valence-corrected chi connectivity index (χ2v) is 4.68. The van der Waals surface area contributed by atoms with E-state index in [1.54, 1.807) is 0 Å². The van der Waals surface area contributed by atoms with Crippen LogP contribution >= 0.6 is 0 Å². The lowest BCUT2D eigenvalue weighted by Gasteiger charge is -2.19. The fourth-order valence-electron chi connectivity index (χ4n) is 1.84. The second-order valence-electron chi connectivity index (χ2n) is 4.68. The third-order valence-corrected chi connectivity index (χ3v) is 2.89. The molecule has 0 aliphatic rings. The molecule has 1 aromatic carbocycles. The van der Waals surface area contributed by atoms with Gasteiger partial charge in [-0.2, -0.15) is 13.2 Å². The smallest absolute Gasteiger partial charge is 0.349 e. The molecule has 0 aliphatic carbocycles. The van der Waals surface area contributed by atoms with Gasteiger partial charge in [0.25, 0.3) is 0 Å². The first-order valence-corrected chi connectivity index (χ1v) is 5.93. The highest BCUT2D eigenvalue weighted by Crippen LogP contribution is 2.32. The van der Waals surface area contributed by atoms with Crippen molar-refractivity contribution in [3.8, 4) is 0 Å². The average molecular weight is 292 g/mol. The normalized spacial score (nSPS) is 13.2. The van der Waals surface area contributed by atoms with Gasteiger partial charge < -0.3 is 10.6 Å². The van der Waals surface area contributed by atoms with Crippen molar-refractivity contribution in [2.75, 3.05) is 20.6 Å². The van der Waals surface area contributed by atoms with E-state index in [0.717, 1.165) is 12.1 Å². The van der Waals surface area contributed by atoms with Gasteiger partial charge in [-0.25, -0.2) is 4.39 Å². The Morgan fingerprint density at radius 2 is 1.95 bits per heavy atom. The first-order valence-electron chi connectivity index (χ1n) is 5.93. The fourth-order valence-corrected chi connectivity index (χ4v) is 1.84. The molecule has 0 fully saturated rings. The summed E-state index contributed by atoms with van der Waals surface area (Å²) in [5.41, 5.74) is 4.37. The molecule has 0 spiro atoms. The van der Waals surface area contributed by atoms with E-state index in [1.165, 1.54) is 25.1 Å². The third-order valence-electron chi connectivity index (χ3n) is 2.89. The molecule has 112 valence electrons. The molecule has 0 aromatic heterocycles. The number of carbonyl (C=O) groups excluding carboxylic acids is 1. The van der Waals surface area contributed by atoms with E-state index in [9.17, 15) is 22.4 Å². The molecular weight excluding hydrogens is 276 g/mol. The van der Waals surface area contributed by atoms with Crippen LogP contribution in [0.25, 0.3) is 0 Å². The number of benzene rings is 1. The van der Waals surface area contributed by atoms with Gasteiger partial charge in [0.05, 0.1) is 11.5 Å². The molecule has 0 bridgehead atoms. The van der Waals surface area contributed by atoms with Gasteiger partial charge in [-0.1, -0.05) is 6.07 Å². The van der Waals surface area contributed by atoms with Crippen LogP contribution in [-0.4, -0.2) is 31.4 Å². The number of amides is 1. The maximum absolute atomic E-state index is 13.2. The number of alkyl halides is 3. The summed E-state index contributed by atoms with van der Waals surface area (Å²) in [6.07, 6.45) is -4.72. The summed E-state index contributed by atoms with van der Waals surface area (Å²) in [5.74, 6) is -2.23. The minimum absolute atomic E-state index is 0.00966. The molecule has 0 aliphatic heterocycles. The maximum Gasteiger partial charge on any atom is 0.419 e. The second kappa shape index (κ2) is 6.21. The van der Waals surface area contributed by atoms with E-state index in [0.29, 0.717) is 0 Å². The number of hydrogen-bond acceptors (Lipinski definition) is 2. The van der Waals surface area contributed by atoms with Crippen LogP contribution in [0.2, 0.25) is 0 Å². The number of nitrogens with zero attached hydrogens (tertiary/aromatic N) is 1. The Morgan fingerprint density at radius 1 is 1.35 bits per heavy atom.